The smallest absolute Gasteiger partial charge is 0.236 e. The number of methoxy groups -OCH3 is 1. The Kier molecular flexibility index (Phi) is 7.74. The fourth-order valence-corrected chi connectivity index (χ4v) is 1.64. The lowest BCUT2D eigenvalue weighted by Gasteiger charge is -2.15. The lowest BCUT2D eigenvalue weighted by molar-refractivity contribution is -0.129. The minimum absolute atomic E-state index is 0. The zero-order valence-electron chi connectivity index (χ0n) is 9.49. The molecule has 0 aromatic rings. The van der Waals surface area contributed by atoms with Crippen molar-refractivity contribution < 1.29 is 9.53 Å². The number of likely N-dealkylation sites (tertiary alicyclic amines) is 1. The highest BCUT2D eigenvalue weighted by molar-refractivity contribution is 5.85. The molecule has 0 radical (unpaired) electrons. The first kappa shape index (κ1) is 14.7. The van der Waals surface area contributed by atoms with Gasteiger partial charge in [-0.25, -0.2) is 0 Å². The SMILES string of the molecule is COCCNCC(=O)N1CCC(C)C1.Cl. The Morgan fingerprint density at radius 2 is 2.33 bits per heavy atom. The van der Waals surface area contributed by atoms with E-state index in [1.165, 1.54) is 0 Å². The fourth-order valence-electron chi connectivity index (χ4n) is 1.64. The molecular formula is C10H21ClN2O2. The molecule has 1 N–H and O–H groups in total. The van der Waals surface area contributed by atoms with Crippen molar-refractivity contribution in [2.24, 2.45) is 5.92 Å². The van der Waals surface area contributed by atoms with Gasteiger partial charge < -0.3 is 15.0 Å². The third-order valence-electron chi connectivity index (χ3n) is 2.54. The predicted molar refractivity (Wildman–Crippen MR) is 62.4 cm³/mol. The van der Waals surface area contributed by atoms with E-state index in [-0.39, 0.29) is 18.3 Å². The van der Waals surface area contributed by atoms with Crippen LogP contribution in [0.1, 0.15) is 13.3 Å². The summed E-state index contributed by atoms with van der Waals surface area (Å²) in [6.45, 7) is 5.87. The van der Waals surface area contributed by atoms with Crippen LogP contribution in [0.2, 0.25) is 0 Å². The first-order valence-electron chi connectivity index (χ1n) is 5.21. The van der Waals surface area contributed by atoms with E-state index < -0.39 is 0 Å². The van der Waals surface area contributed by atoms with Crippen LogP contribution < -0.4 is 5.32 Å². The molecule has 1 rings (SSSR count). The molecule has 1 heterocycles. The second-order valence-corrected chi connectivity index (χ2v) is 3.90. The minimum atomic E-state index is 0. The van der Waals surface area contributed by atoms with E-state index in [9.17, 15) is 4.79 Å². The molecule has 15 heavy (non-hydrogen) atoms. The Morgan fingerprint density at radius 1 is 1.60 bits per heavy atom. The molecular weight excluding hydrogens is 216 g/mol. The first-order valence-corrected chi connectivity index (χ1v) is 5.21. The van der Waals surface area contributed by atoms with Crippen molar-refractivity contribution in [3.63, 3.8) is 0 Å². The van der Waals surface area contributed by atoms with Crippen molar-refractivity contribution in [3.8, 4) is 0 Å². The predicted octanol–water partition coefficient (Wildman–Crippen LogP) is 0.513. The van der Waals surface area contributed by atoms with Gasteiger partial charge in [-0.2, -0.15) is 0 Å². The Balaban J connectivity index is 0.00000196. The zero-order chi connectivity index (χ0) is 10.4. The molecule has 1 unspecified atom stereocenters. The van der Waals surface area contributed by atoms with E-state index in [0.29, 0.717) is 19.1 Å². The van der Waals surface area contributed by atoms with Crippen molar-refractivity contribution in [3.05, 3.63) is 0 Å². The number of rotatable bonds is 5. The molecule has 0 aliphatic carbocycles. The Morgan fingerprint density at radius 3 is 2.87 bits per heavy atom. The largest absolute Gasteiger partial charge is 0.383 e. The molecule has 0 bridgehead atoms. The van der Waals surface area contributed by atoms with Gasteiger partial charge in [0.05, 0.1) is 13.2 Å². The van der Waals surface area contributed by atoms with E-state index in [0.717, 1.165) is 26.1 Å². The summed E-state index contributed by atoms with van der Waals surface area (Å²) in [7, 11) is 1.66. The fraction of sp³-hybridized carbons (Fsp3) is 0.900. The normalized spacial score (nSPS) is 20.1. The van der Waals surface area contributed by atoms with Crippen LogP contribution in [0.15, 0.2) is 0 Å². The number of nitrogens with one attached hydrogen (secondary N) is 1. The standard InChI is InChI=1S/C10H20N2O2.ClH/c1-9-3-5-12(8-9)10(13)7-11-4-6-14-2;/h9,11H,3-8H2,1-2H3;1H. The number of carbonyl (C=O) groups is 1. The van der Waals surface area contributed by atoms with Gasteiger partial charge >= 0.3 is 0 Å². The summed E-state index contributed by atoms with van der Waals surface area (Å²) in [5.74, 6) is 0.878. The highest BCUT2D eigenvalue weighted by Crippen LogP contribution is 2.14. The molecule has 1 aliphatic rings. The van der Waals surface area contributed by atoms with Crippen LogP contribution in [0.4, 0.5) is 0 Å². The third-order valence-corrected chi connectivity index (χ3v) is 2.54. The van der Waals surface area contributed by atoms with Crippen LogP contribution in [0.3, 0.4) is 0 Å². The van der Waals surface area contributed by atoms with Gasteiger partial charge in [-0.05, 0) is 12.3 Å². The lowest BCUT2D eigenvalue weighted by Crippen LogP contribution is -2.37. The quantitative estimate of drug-likeness (QED) is 0.708. The number of hydrogen-bond acceptors (Lipinski definition) is 3. The van der Waals surface area contributed by atoms with Gasteiger partial charge in [-0.1, -0.05) is 6.92 Å². The maximum Gasteiger partial charge on any atom is 0.236 e. The Hall–Kier alpha value is -0.320. The van der Waals surface area contributed by atoms with Gasteiger partial charge in [0.25, 0.3) is 0 Å². The van der Waals surface area contributed by atoms with Crippen molar-refractivity contribution in [1.82, 2.24) is 10.2 Å². The monoisotopic (exact) mass is 236 g/mol. The van der Waals surface area contributed by atoms with E-state index in [1.54, 1.807) is 7.11 Å². The summed E-state index contributed by atoms with van der Waals surface area (Å²) in [6, 6.07) is 0. The highest BCUT2D eigenvalue weighted by atomic mass is 35.5. The Bertz CT molecular complexity index is 190. The first-order chi connectivity index (χ1) is 6.74. The molecule has 1 aliphatic heterocycles. The van der Waals surface area contributed by atoms with Crippen molar-refractivity contribution in [1.29, 1.82) is 0 Å². The van der Waals surface area contributed by atoms with E-state index in [4.69, 9.17) is 4.74 Å². The summed E-state index contributed by atoms with van der Waals surface area (Å²) >= 11 is 0. The minimum Gasteiger partial charge on any atom is -0.383 e. The molecule has 0 saturated carbocycles. The average Bonchev–Trinajstić information content (AvgIpc) is 2.59. The molecule has 1 atom stereocenters. The van der Waals surface area contributed by atoms with Gasteiger partial charge in [0.2, 0.25) is 5.91 Å². The van der Waals surface area contributed by atoms with Gasteiger partial charge in [-0.15, -0.1) is 12.4 Å². The lowest BCUT2D eigenvalue weighted by atomic mass is 10.2. The van der Waals surface area contributed by atoms with Gasteiger partial charge in [0.1, 0.15) is 0 Å². The van der Waals surface area contributed by atoms with Crippen LogP contribution in [0, 0.1) is 5.92 Å². The molecule has 4 nitrogen and oxygen atoms in total. The molecule has 1 fully saturated rings. The number of hydrogen-bond donors (Lipinski definition) is 1. The summed E-state index contributed by atoms with van der Waals surface area (Å²) < 4.78 is 4.88. The third kappa shape index (κ3) is 5.35. The van der Waals surface area contributed by atoms with Crippen molar-refractivity contribution in [2.75, 3.05) is 39.9 Å². The number of amides is 1. The Labute approximate surface area is 97.8 Å². The van der Waals surface area contributed by atoms with E-state index in [2.05, 4.69) is 12.2 Å². The van der Waals surface area contributed by atoms with Crippen LogP contribution in [0.5, 0.6) is 0 Å². The van der Waals surface area contributed by atoms with Crippen molar-refractivity contribution in [2.45, 2.75) is 13.3 Å². The zero-order valence-corrected chi connectivity index (χ0v) is 10.3. The van der Waals surface area contributed by atoms with E-state index >= 15 is 0 Å². The number of halogens is 1. The molecule has 0 aromatic heterocycles. The van der Waals surface area contributed by atoms with Crippen LogP contribution in [-0.2, 0) is 9.53 Å². The average molecular weight is 237 g/mol. The number of ether oxygens (including phenoxy) is 1. The molecule has 0 aromatic carbocycles. The second kappa shape index (κ2) is 7.91. The number of nitrogens with zero attached hydrogens (tertiary/aromatic N) is 1. The van der Waals surface area contributed by atoms with Crippen LogP contribution >= 0.6 is 12.4 Å². The molecule has 90 valence electrons. The molecule has 1 saturated heterocycles. The summed E-state index contributed by atoms with van der Waals surface area (Å²) in [6.07, 6.45) is 1.14. The van der Waals surface area contributed by atoms with Gasteiger partial charge in [0.15, 0.2) is 0 Å². The van der Waals surface area contributed by atoms with Crippen LogP contribution in [0.25, 0.3) is 0 Å². The van der Waals surface area contributed by atoms with E-state index in [1.807, 2.05) is 4.90 Å². The maximum atomic E-state index is 11.6. The summed E-state index contributed by atoms with van der Waals surface area (Å²) in [4.78, 5) is 13.5. The highest BCUT2D eigenvalue weighted by Gasteiger charge is 2.22. The molecule has 1 amide bonds. The second-order valence-electron chi connectivity index (χ2n) is 3.90. The summed E-state index contributed by atoms with van der Waals surface area (Å²) in [5, 5.41) is 3.06. The summed E-state index contributed by atoms with van der Waals surface area (Å²) in [5.41, 5.74) is 0. The van der Waals surface area contributed by atoms with Crippen molar-refractivity contribution >= 4 is 18.3 Å². The molecule has 0 spiro atoms. The van der Waals surface area contributed by atoms with Crippen LogP contribution in [-0.4, -0.2) is 50.7 Å². The van der Waals surface area contributed by atoms with Gasteiger partial charge in [0, 0.05) is 26.7 Å². The number of carbonyl (C=O) groups excluding carboxylic acids is 1. The molecule has 5 heteroatoms. The maximum absolute atomic E-state index is 11.6. The topological polar surface area (TPSA) is 41.6 Å². The van der Waals surface area contributed by atoms with Gasteiger partial charge in [-0.3, -0.25) is 4.79 Å².